The molecule has 1 aromatic heterocycles. The zero-order valence-corrected chi connectivity index (χ0v) is 11.5. The fourth-order valence-corrected chi connectivity index (χ4v) is 2.11. The van der Waals surface area contributed by atoms with E-state index in [0.717, 1.165) is 12.8 Å². The van der Waals surface area contributed by atoms with E-state index in [9.17, 15) is 9.90 Å². The van der Waals surface area contributed by atoms with Crippen molar-refractivity contribution in [3.05, 3.63) is 51.4 Å². The first-order valence-corrected chi connectivity index (χ1v) is 6.83. The van der Waals surface area contributed by atoms with Crippen LogP contribution in [0.5, 0.6) is 5.75 Å². The van der Waals surface area contributed by atoms with Crippen molar-refractivity contribution >= 4 is 11.6 Å². The van der Waals surface area contributed by atoms with E-state index < -0.39 is 0 Å². The standard InChI is InChI=1S/C14H14ClN3O2/c15-9-2-1-3-11(6-9)18-14(20)7-13(19)12(17-18)8-16-10-4-5-10/h1-3,6-7,10,16,19H,4-5,8H2. The molecule has 0 atom stereocenters. The number of hydrogen-bond donors (Lipinski definition) is 2. The van der Waals surface area contributed by atoms with E-state index in [1.165, 1.54) is 10.7 Å². The molecule has 6 heteroatoms. The first-order chi connectivity index (χ1) is 9.63. The maximum Gasteiger partial charge on any atom is 0.275 e. The van der Waals surface area contributed by atoms with Gasteiger partial charge in [0.05, 0.1) is 5.69 Å². The smallest absolute Gasteiger partial charge is 0.275 e. The summed E-state index contributed by atoms with van der Waals surface area (Å²) < 4.78 is 1.25. The average molecular weight is 292 g/mol. The van der Waals surface area contributed by atoms with Gasteiger partial charge in [-0.3, -0.25) is 4.79 Å². The van der Waals surface area contributed by atoms with Crippen LogP contribution in [0.15, 0.2) is 35.1 Å². The lowest BCUT2D eigenvalue weighted by molar-refractivity contribution is 0.451. The van der Waals surface area contributed by atoms with Crippen LogP contribution in [0.1, 0.15) is 18.5 Å². The Hall–Kier alpha value is -1.85. The summed E-state index contributed by atoms with van der Waals surface area (Å²) in [5, 5.41) is 17.8. The van der Waals surface area contributed by atoms with Gasteiger partial charge in [0.15, 0.2) is 0 Å². The highest BCUT2D eigenvalue weighted by Gasteiger charge is 2.21. The number of benzene rings is 1. The molecule has 0 unspecified atom stereocenters. The van der Waals surface area contributed by atoms with Gasteiger partial charge >= 0.3 is 0 Å². The summed E-state index contributed by atoms with van der Waals surface area (Å²) in [7, 11) is 0. The van der Waals surface area contributed by atoms with Crippen molar-refractivity contribution in [3.8, 4) is 11.4 Å². The van der Waals surface area contributed by atoms with Crippen molar-refractivity contribution in [1.29, 1.82) is 0 Å². The minimum absolute atomic E-state index is 0.0820. The average Bonchev–Trinajstić information content (AvgIpc) is 3.22. The lowest BCUT2D eigenvalue weighted by Crippen LogP contribution is -2.24. The van der Waals surface area contributed by atoms with Crippen molar-refractivity contribution in [2.24, 2.45) is 0 Å². The Kier molecular flexibility index (Phi) is 3.46. The molecule has 0 aliphatic heterocycles. The third kappa shape index (κ3) is 2.84. The molecule has 1 saturated carbocycles. The summed E-state index contributed by atoms with van der Waals surface area (Å²) >= 11 is 5.92. The fraction of sp³-hybridized carbons (Fsp3) is 0.286. The second kappa shape index (κ2) is 5.26. The summed E-state index contributed by atoms with van der Waals surface area (Å²) in [5.74, 6) is -0.0820. The van der Waals surface area contributed by atoms with E-state index in [4.69, 9.17) is 11.6 Å². The summed E-state index contributed by atoms with van der Waals surface area (Å²) in [6.45, 7) is 0.442. The molecule has 104 valence electrons. The lowest BCUT2D eigenvalue weighted by atomic mass is 10.3. The van der Waals surface area contributed by atoms with Crippen LogP contribution in [-0.2, 0) is 6.54 Å². The number of aromatic nitrogens is 2. The number of aromatic hydroxyl groups is 1. The predicted octanol–water partition coefficient (Wildman–Crippen LogP) is 1.84. The first-order valence-electron chi connectivity index (χ1n) is 6.45. The van der Waals surface area contributed by atoms with Crippen molar-refractivity contribution < 1.29 is 5.11 Å². The molecule has 1 aliphatic carbocycles. The zero-order chi connectivity index (χ0) is 14.1. The summed E-state index contributed by atoms with van der Waals surface area (Å²) in [4.78, 5) is 11.9. The van der Waals surface area contributed by atoms with Crippen LogP contribution in [0.2, 0.25) is 5.02 Å². The minimum Gasteiger partial charge on any atom is -0.506 e. The number of halogens is 1. The molecule has 1 heterocycles. The molecule has 1 fully saturated rings. The van der Waals surface area contributed by atoms with Gasteiger partial charge in [0.25, 0.3) is 5.56 Å². The Labute approximate surface area is 120 Å². The summed E-state index contributed by atoms with van der Waals surface area (Å²) in [5.41, 5.74) is 0.645. The maximum atomic E-state index is 11.9. The van der Waals surface area contributed by atoms with Crippen LogP contribution in [0.4, 0.5) is 0 Å². The van der Waals surface area contributed by atoms with Gasteiger partial charge in [-0.1, -0.05) is 17.7 Å². The molecule has 0 amide bonds. The molecule has 20 heavy (non-hydrogen) atoms. The molecule has 0 bridgehead atoms. The van der Waals surface area contributed by atoms with Crippen molar-refractivity contribution in [2.75, 3.05) is 0 Å². The SMILES string of the molecule is O=c1cc(O)c(CNC2CC2)nn1-c1cccc(Cl)c1. The number of hydrogen-bond acceptors (Lipinski definition) is 4. The number of rotatable bonds is 4. The van der Waals surface area contributed by atoms with E-state index in [-0.39, 0.29) is 11.3 Å². The van der Waals surface area contributed by atoms with E-state index in [1.807, 2.05) is 0 Å². The maximum absolute atomic E-state index is 11.9. The molecule has 0 radical (unpaired) electrons. The second-order valence-corrected chi connectivity index (χ2v) is 5.30. The third-order valence-electron chi connectivity index (χ3n) is 3.17. The molecule has 2 aromatic rings. The monoisotopic (exact) mass is 291 g/mol. The van der Waals surface area contributed by atoms with E-state index >= 15 is 0 Å². The van der Waals surface area contributed by atoms with Crippen LogP contribution in [0, 0.1) is 0 Å². The van der Waals surface area contributed by atoms with Crippen molar-refractivity contribution in [3.63, 3.8) is 0 Å². The van der Waals surface area contributed by atoms with E-state index in [1.54, 1.807) is 24.3 Å². The normalized spacial score (nSPS) is 14.4. The molecule has 3 rings (SSSR count). The van der Waals surface area contributed by atoms with Gasteiger partial charge in [-0.05, 0) is 31.0 Å². The quantitative estimate of drug-likeness (QED) is 0.902. The van der Waals surface area contributed by atoms with Crippen LogP contribution >= 0.6 is 11.6 Å². The van der Waals surface area contributed by atoms with Gasteiger partial charge in [-0.25, -0.2) is 0 Å². The molecule has 1 aromatic carbocycles. The van der Waals surface area contributed by atoms with Gasteiger partial charge in [0, 0.05) is 23.7 Å². The predicted molar refractivity (Wildman–Crippen MR) is 76.4 cm³/mol. The highest BCUT2D eigenvalue weighted by molar-refractivity contribution is 6.30. The zero-order valence-electron chi connectivity index (χ0n) is 10.7. The molecule has 0 spiro atoms. The van der Waals surface area contributed by atoms with Gasteiger partial charge in [0.1, 0.15) is 11.4 Å². The van der Waals surface area contributed by atoms with Gasteiger partial charge < -0.3 is 10.4 Å². The van der Waals surface area contributed by atoms with Crippen molar-refractivity contribution in [1.82, 2.24) is 15.1 Å². The Morgan fingerprint density at radius 2 is 2.20 bits per heavy atom. The topological polar surface area (TPSA) is 67.2 Å². The number of nitrogens with one attached hydrogen (secondary N) is 1. The molecular weight excluding hydrogens is 278 g/mol. The van der Waals surface area contributed by atoms with E-state index in [0.29, 0.717) is 29.0 Å². The Bertz CT molecular complexity index is 695. The van der Waals surface area contributed by atoms with Gasteiger partial charge in [0.2, 0.25) is 0 Å². The fourth-order valence-electron chi connectivity index (χ4n) is 1.93. The van der Waals surface area contributed by atoms with Gasteiger partial charge in [-0.2, -0.15) is 9.78 Å². The Morgan fingerprint density at radius 3 is 2.90 bits per heavy atom. The van der Waals surface area contributed by atoms with Crippen LogP contribution in [0.25, 0.3) is 5.69 Å². The summed E-state index contributed by atoms with van der Waals surface area (Å²) in [6, 6.07) is 8.56. The van der Waals surface area contributed by atoms with Crippen LogP contribution < -0.4 is 10.9 Å². The molecule has 0 saturated heterocycles. The van der Waals surface area contributed by atoms with Gasteiger partial charge in [-0.15, -0.1) is 0 Å². The summed E-state index contributed by atoms with van der Waals surface area (Å²) in [6.07, 6.45) is 2.30. The Morgan fingerprint density at radius 1 is 1.40 bits per heavy atom. The Balaban J connectivity index is 1.96. The minimum atomic E-state index is -0.389. The molecular formula is C14H14ClN3O2. The highest BCUT2D eigenvalue weighted by atomic mass is 35.5. The van der Waals surface area contributed by atoms with E-state index in [2.05, 4.69) is 10.4 Å². The molecule has 5 nitrogen and oxygen atoms in total. The van der Waals surface area contributed by atoms with Crippen LogP contribution in [-0.4, -0.2) is 20.9 Å². The highest BCUT2D eigenvalue weighted by Crippen LogP contribution is 2.21. The molecule has 2 N–H and O–H groups in total. The third-order valence-corrected chi connectivity index (χ3v) is 3.41. The second-order valence-electron chi connectivity index (χ2n) is 4.86. The molecule has 1 aliphatic rings. The lowest BCUT2D eigenvalue weighted by Gasteiger charge is -2.09. The largest absolute Gasteiger partial charge is 0.506 e. The number of nitrogens with zero attached hydrogens (tertiary/aromatic N) is 2. The first kappa shape index (κ1) is 13.1. The van der Waals surface area contributed by atoms with Crippen LogP contribution in [0.3, 0.4) is 0 Å². The van der Waals surface area contributed by atoms with Crippen molar-refractivity contribution in [2.45, 2.75) is 25.4 Å².